The molecule has 0 bridgehead atoms. The van der Waals surface area contributed by atoms with Gasteiger partial charge in [-0.3, -0.25) is 14.9 Å². The molecular formula is C23H19FN4O5S3. The van der Waals surface area contributed by atoms with Crippen molar-refractivity contribution in [1.29, 1.82) is 0 Å². The summed E-state index contributed by atoms with van der Waals surface area (Å²) in [6.45, 7) is 3.04. The highest BCUT2D eigenvalue weighted by Gasteiger charge is 2.40. The van der Waals surface area contributed by atoms with Crippen molar-refractivity contribution in [1.82, 2.24) is 20.5 Å². The van der Waals surface area contributed by atoms with Gasteiger partial charge >= 0.3 is 0 Å². The molecule has 36 heavy (non-hydrogen) atoms. The number of benzene rings is 2. The number of thioether (sulfide) groups is 1. The molecule has 9 nitrogen and oxygen atoms in total. The third kappa shape index (κ3) is 4.53. The molecule has 1 saturated heterocycles. The van der Waals surface area contributed by atoms with Crippen LogP contribution in [0.15, 0.2) is 46.9 Å². The lowest BCUT2D eigenvalue weighted by molar-refractivity contribution is -0.119. The zero-order chi connectivity index (χ0) is 25.6. The summed E-state index contributed by atoms with van der Waals surface area (Å²) in [6, 6.07) is 12.4. The van der Waals surface area contributed by atoms with E-state index in [9.17, 15) is 18.0 Å². The van der Waals surface area contributed by atoms with E-state index in [4.69, 9.17) is 4.42 Å². The van der Waals surface area contributed by atoms with E-state index in [-0.39, 0.29) is 28.7 Å². The number of carbonyl (C=O) groups is 2. The topological polar surface area (TPSA) is 132 Å². The highest BCUT2D eigenvalue weighted by molar-refractivity contribution is 8.15. The van der Waals surface area contributed by atoms with Crippen LogP contribution in [0.25, 0.3) is 21.3 Å². The van der Waals surface area contributed by atoms with Crippen LogP contribution in [0.4, 0.5) is 9.18 Å². The lowest BCUT2D eigenvalue weighted by atomic mass is 10.1. The first-order valence-electron chi connectivity index (χ1n) is 10.9. The number of imide groups is 1. The average molecular weight is 547 g/mol. The number of rotatable bonds is 7. The number of hydrogen-bond acceptors (Lipinski definition) is 10. The molecule has 5 rings (SSSR count). The number of aromatic nitrogens is 3. The largest absolute Gasteiger partial charge is 0.423 e. The fourth-order valence-electron chi connectivity index (χ4n) is 3.72. The highest BCUT2D eigenvalue weighted by Crippen LogP contribution is 2.39. The SMILES string of the molecule is CC(C)S(=O)(=O)C(c1nnc(CC2SC(=O)NC2=O)o1)c1nc2c(F)cc(-c3ccccc3)cc2s1. The molecule has 2 unspecified atom stereocenters. The molecule has 1 aliphatic heterocycles. The fraction of sp³-hybridized carbons (Fsp3) is 0.261. The third-order valence-corrected chi connectivity index (χ3v) is 10.2. The van der Waals surface area contributed by atoms with Crippen molar-refractivity contribution in [2.75, 3.05) is 0 Å². The number of carbonyl (C=O) groups excluding carboxylic acids is 2. The summed E-state index contributed by atoms with van der Waals surface area (Å²) < 4.78 is 47.9. The van der Waals surface area contributed by atoms with E-state index in [0.29, 0.717) is 10.3 Å². The van der Waals surface area contributed by atoms with Crippen molar-refractivity contribution in [3.8, 4) is 11.1 Å². The first-order valence-corrected chi connectivity index (χ1v) is 14.2. The summed E-state index contributed by atoms with van der Waals surface area (Å²) in [5.74, 6) is -1.27. The van der Waals surface area contributed by atoms with E-state index in [1.165, 1.54) is 19.9 Å². The number of halogens is 1. The van der Waals surface area contributed by atoms with E-state index in [0.717, 1.165) is 28.7 Å². The van der Waals surface area contributed by atoms with Gasteiger partial charge in [-0.05, 0) is 37.1 Å². The fourth-order valence-corrected chi connectivity index (χ4v) is 7.32. The van der Waals surface area contributed by atoms with Crippen LogP contribution in [0.3, 0.4) is 0 Å². The van der Waals surface area contributed by atoms with Crippen molar-refractivity contribution in [3.63, 3.8) is 0 Å². The predicted octanol–water partition coefficient (Wildman–Crippen LogP) is 4.29. The van der Waals surface area contributed by atoms with Gasteiger partial charge in [0, 0.05) is 6.42 Å². The Hall–Kier alpha value is -3.16. The normalized spacial score (nSPS) is 17.2. The van der Waals surface area contributed by atoms with Crippen LogP contribution in [0.5, 0.6) is 0 Å². The molecule has 2 amide bonds. The molecule has 3 heterocycles. The molecule has 2 aromatic carbocycles. The van der Waals surface area contributed by atoms with Crippen LogP contribution in [0.2, 0.25) is 0 Å². The van der Waals surface area contributed by atoms with Crippen molar-refractivity contribution < 1.29 is 26.8 Å². The van der Waals surface area contributed by atoms with Gasteiger partial charge in [0.15, 0.2) is 20.9 Å². The predicted molar refractivity (Wildman–Crippen MR) is 134 cm³/mol. The molecule has 1 fully saturated rings. The van der Waals surface area contributed by atoms with E-state index in [2.05, 4.69) is 20.5 Å². The van der Waals surface area contributed by atoms with Crippen LogP contribution in [0.1, 0.15) is 35.9 Å². The van der Waals surface area contributed by atoms with Crippen molar-refractivity contribution in [3.05, 3.63) is 65.1 Å². The van der Waals surface area contributed by atoms with Crippen LogP contribution in [0, 0.1) is 5.82 Å². The first kappa shape index (κ1) is 24.5. The van der Waals surface area contributed by atoms with Gasteiger partial charge in [-0.25, -0.2) is 17.8 Å². The van der Waals surface area contributed by atoms with E-state index in [1.807, 2.05) is 30.3 Å². The minimum Gasteiger partial charge on any atom is -0.423 e. The van der Waals surface area contributed by atoms with Gasteiger partial charge < -0.3 is 4.42 Å². The molecule has 2 atom stereocenters. The summed E-state index contributed by atoms with van der Waals surface area (Å²) in [7, 11) is -3.91. The minimum absolute atomic E-state index is 0.00922. The number of fused-ring (bicyclic) bond motifs is 1. The van der Waals surface area contributed by atoms with Crippen molar-refractivity contribution in [2.24, 2.45) is 0 Å². The molecular weight excluding hydrogens is 527 g/mol. The zero-order valence-electron chi connectivity index (χ0n) is 19.0. The third-order valence-electron chi connectivity index (χ3n) is 5.62. The molecule has 1 aliphatic rings. The molecule has 0 radical (unpaired) electrons. The Bertz CT molecular complexity index is 1580. The number of hydrogen-bond donors (Lipinski definition) is 1. The molecule has 1 N–H and O–H groups in total. The van der Waals surface area contributed by atoms with Gasteiger partial charge in [-0.15, -0.1) is 21.5 Å². The molecule has 0 aliphatic carbocycles. The van der Waals surface area contributed by atoms with E-state index < -0.39 is 42.6 Å². The maximum absolute atomic E-state index is 15.0. The summed E-state index contributed by atoms with van der Waals surface area (Å²) in [6.07, 6.45) is -0.0431. The maximum Gasteiger partial charge on any atom is 0.286 e. The molecule has 186 valence electrons. The summed E-state index contributed by atoms with van der Waals surface area (Å²) in [4.78, 5) is 27.6. The Kier molecular flexibility index (Phi) is 6.39. The van der Waals surface area contributed by atoms with Crippen LogP contribution in [-0.4, -0.2) is 45.2 Å². The lowest BCUT2D eigenvalue weighted by Gasteiger charge is -2.14. The van der Waals surface area contributed by atoms with Gasteiger partial charge in [0.25, 0.3) is 5.24 Å². The quantitative estimate of drug-likeness (QED) is 0.360. The number of nitrogens with one attached hydrogen (secondary N) is 1. The Morgan fingerprint density at radius 3 is 2.53 bits per heavy atom. The standard InChI is InChI=1S/C23H19FN4O5S3/c1-11(2)36(31,32)19(21-28-27-17(33-21)10-16-20(29)26-23(30)35-16)22-25-18-14(24)8-13(9-15(18)34-22)12-6-4-3-5-7-12/h3-9,11,16,19H,10H2,1-2H3,(H,26,29,30). The van der Waals surface area contributed by atoms with Crippen molar-refractivity contribution >= 4 is 54.3 Å². The van der Waals surface area contributed by atoms with E-state index in [1.54, 1.807) is 6.07 Å². The van der Waals surface area contributed by atoms with Crippen LogP contribution >= 0.6 is 23.1 Å². The summed E-state index contributed by atoms with van der Waals surface area (Å²) in [5.41, 5.74) is 1.50. The molecule has 4 aromatic rings. The minimum atomic E-state index is -3.91. The monoisotopic (exact) mass is 546 g/mol. The van der Waals surface area contributed by atoms with Crippen molar-refractivity contribution in [2.45, 2.75) is 36.0 Å². The van der Waals surface area contributed by atoms with Gasteiger partial charge in [-0.2, -0.15) is 0 Å². The maximum atomic E-state index is 15.0. The molecule has 2 aromatic heterocycles. The second-order valence-corrected chi connectivity index (χ2v) is 13.2. The van der Waals surface area contributed by atoms with E-state index >= 15 is 4.39 Å². The number of sulfone groups is 1. The average Bonchev–Trinajstić information content (AvgIpc) is 3.54. The first-order chi connectivity index (χ1) is 17.1. The van der Waals surface area contributed by atoms with Gasteiger partial charge in [0.05, 0.1) is 9.95 Å². The Labute approximate surface area is 213 Å². The second kappa shape index (κ2) is 9.37. The molecule has 0 spiro atoms. The summed E-state index contributed by atoms with van der Waals surface area (Å²) in [5, 5.41) is 6.65. The number of nitrogens with zero attached hydrogens (tertiary/aromatic N) is 3. The van der Waals surface area contributed by atoms with Gasteiger partial charge in [0.2, 0.25) is 17.7 Å². The number of thiazole rings is 1. The number of amides is 2. The van der Waals surface area contributed by atoms with Gasteiger partial charge in [-0.1, -0.05) is 42.1 Å². The molecule has 13 heteroatoms. The molecule has 0 saturated carbocycles. The highest BCUT2D eigenvalue weighted by atomic mass is 32.2. The smallest absolute Gasteiger partial charge is 0.286 e. The zero-order valence-corrected chi connectivity index (χ0v) is 21.4. The Morgan fingerprint density at radius 2 is 1.86 bits per heavy atom. The Balaban J connectivity index is 1.56. The Morgan fingerprint density at radius 1 is 1.11 bits per heavy atom. The van der Waals surface area contributed by atoms with Crippen LogP contribution in [-0.2, 0) is 21.1 Å². The lowest BCUT2D eigenvalue weighted by Crippen LogP contribution is -2.25. The summed E-state index contributed by atoms with van der Waals surface area (Å²) >= 11 is 1.84. The second-order valence-electron chi connectivity index (χ2n) is 8.36. The van der Waals surface area contributed by atoms with Crippen LogP contribution < -0.4 is 5.32 Å². The van der Waals surface area contributed by atoms with Gasteiger partial charge in [0.1, 0.15) is 15.8 Å².